The van der Waals surface area contributed by atoms with Crippen molar-refractivity contribution in [1.82, 2.24) is 4.98 Å². The highest BCUT2D eigenvalue weighted by Gasteiger charge is 2.31. The van der Waals surface area contributed by atoms with Gasteiger partial charge >= 0.3 is 0 Å². The van der Waals surface area contributed by atoms with Gasteiger partial charge in [0.15, 0.2) is 0 Å². The zero-order valence-corrected chi connectivity index (χ0v) is 11.5. The number of fused-ring (bicyclic) bond motifs is 1. The van der Waals surface area contributed by atoms with Gasteiger partial charge in [-0.1, -0.05) is 17.7 Å². The minimum absolute atomic E-state index is 0.110. The molecule has 2 heterocycles. The second kappa shape index (κ2) is 4.57. The third kappa shape index (κ3) is 2.28. The van der Waals surface area contributed by atoms with Crippen molar-refractivity contribution in [3.8, 4) is 5.75 Å². The summed E-state index contributed by atoms with van der Waals surface area (Å²) in [5, 5.41) is 3.48. The molecular weight excluding hydrogens is 236 g/mol. The lowest BCUT2D eigenvalue weighted by molar-refractivity contribution is 0.235. The molecule has 2 atom stereocenters. The monoisotopic (exact) mass is 254 g/mol. The second-order valence-corrected chi connectivity index (χ2v) is 5.20. The molecule has 98 valence electrons. The van der Waals surface area contributed by atoms with Gasteiger partial charge in [0.25, 0.3) is 0 Å². The van der Waals surface area contributed by atoms with Crippen LogP contribution in [0.25, 0.3) is 0 Å². The highest BCUT2D eigenvalue weighted by molar-refractivity contribution is 5.49. The van der Waals surface area contributed by atoms with Crippen LogP contribution in [0.2, 0.25) is 0 Å². The fourth-order valence-electron chi connectivity index (χ4n) is 2.51. The molecule has 0 saturated heterocycles. The molecule has 1 aromatic carbocycles. The number of aromatic nitrogens is 1. The number of rotatable bonds is 2. The number of hydrogen-bond acceptors (Lipinski definition) is 3. The summed E-state index contributed by atoms with van der Waals surface area (Å²) in [6, 6.07) is 10.5. The quantitative estimate of drug-likeness (QED) is 0.888. The summed E-state index contributed by atoms with van der Waals surface area (Å²) >= 11 is 0. The summed E-state index contributed by atoms with van der Waals surface area (Å²) in [4.78, 5) is 4.37. The molecule has 0 amide bonds. The molecule has 0 fully saturated rings. The first-order valence-electron chi connectivity index (χ1n) is 6.60. The maximum Gasteiger partial charge on any atom is 0.126 e. The molecule has 2 unspecified atom stereocenters. The Bertz CT molecular complexity index is 609. The topological polar surface area (TPSA) is 34.2 Å². The third-order valence-corrected chi connectivity index (χ3v) is 3.50. The van der Waals surface area contributed by atoms with E-state index in [0.29, 0.717) is 0 Å². The van der Waals surface area contributed by atoms with Gasteiger partial charge in [-0.2, -0.15) is 0 Å². The largest absolute Gasteiger partial charge is 0.488 e. The summed E-state index contributed by atoms with van der Waals surface area (Å²) in [6.45, 7) is 6.26. The molecule has 0 saturated carbocycles. The van der Waals surface area contributed by atoms with Gasteiger partial charge in [-0.05, 0) is 44.5 Å². The van der Waals surface area contributed by atoms with E-state index in [-0.39, 0.29) is 12.1 Å². The van der Waals surface area contributed by atoms with Crippen LogP contribution in [0.4, 0.5) is 5.82 Å². The molecule has 1 N–H and O–H groups in total. The number of aryl methyl sites for hydroxylation is 2. The second-order valence-electron chi connectivity index (χ2n) is 5.20. The molecule has 0 radical (unpaired) electrons. The first-order valence-corrected chi connectivity index (χ1v) is 6.60. The lowest BCUT2D eigenvalue weighted by Crippen LogP contribution is -2.22. The predicted molar refractivity (Wildman–Crippen MR) is 76.6 cm³/mol. The lowest BCUT2D eigenvalue weighted by atomic mass is 10.0. The van der Waals surface area contributed by atoms with Crippen LogP contribution in [0.15, 0.2) is 36.5 Å². The average molecular weight is 254 g/mol. The van der Waals surface area contributed by atoms with Crippen LogP contribution >= 0.6 is 0 Å². The minimum Gasteiger partial charge on any atom is -0.488 e. The highest BCUT2D eigenvalue weighted by atomic mass is 16.5. The molecule has 19 heavy (non-hydrogen) atoms. The molecule has 0 bridgehead atoms. The van der Waals surface area contributed by atoms with E-state index in [1.165, 1.54) is 16.7 Å². The van der Waals surface area contributed by atoms with E-state index in [4.69, 9.17) is 4.74 Å². The van der Waals surface area contributed by atoms with E-state index in [2.05, 4.69) is 49.3 Å². The molecule has 3 nitrogen and oxygen atoms in total. The molecule has 3 heteroatoms. The van der Waals surface area contributed by atoms with Crippen LogP contribution < -0.4 is 10.1 Å². The Labute approximate surface area is 113 Å². The smallest absolute Gasteiger partial charge is 0.126 e. The normalized spacial score (nSPS) is 20.8. The number of pyridine rings is 1. The summed E-state index contributed by atoms with van der Waals surface area (Å²) < 4.78 is 5.89. The van der Waals surface area contributed by atoms with Crippen molar-refractivity contribution >= 4 is 5.82 Å². The van der Waals surface area contributed by atoms with Gasteiger partial charge in [-0.15, -0.1) is 0 Å². The van der Waals surface area contributed by atoms with Crippen molar-refractivity contribution in [2.75, 3.05) is 5.32 Å². The fraction of sp³-hybridized carbons (Fsp3) is 0.312. The van der Waals surface area contributed by atoms with Crippen LogP contribution in [0.5, 0.6) is 5.75 Å². The first-order chi connectivity index (χ1) is 9.13. The lowest BCUT2D eigenvalue weighted by Gasteiger charge is -2.17. The van der Waals surface area contributed by atoms with Gasteiger partial charge in [0.1, 0.15) is 17.7 Å². The standard InChI is InChI=1S/C16H18N2O/c1-10-4-5-14-13(8-10)16(12(3)19-14)18-15-9-11(2)6-7-17-15/h4-9,12,16H,1-3H3,(H,17,18). The van der Waals surface area contributed by atoms with E-state index < -0.39 is 0 Å². The fourth-order valence-corrected chi connectivity index (χ4v) is 2.51. The van der Waals surface area contributed by atoms with Crippen LogP contribution in [0.1, 0.15) is 29.7 Å². The van der Waals surface area contributed by atoms with E-state index in [1.54, 1.807) is 0 Å². The molecular formula is C16H18N2O. The number of hydrogen-bond donors (Lipinski definition) is 1. The zero-order valence-electron chi connectivity index (χ0n) is 11.5. The number of benzene rings is 1. The third-order valence-electron chi connectivity index (χ3n) is 3.50. The Morgan fingerprint density at radius 2 is 1.89 bits per heavy atom. The average Bonchev–Trinajstić information content (AvgIpc) is 2.66. The van der Waals surface area contributed by atoms with Crippen molar-refractivity contribution < 1.29 is 4.74 Å². The number of nitrogens with one attached hydrogen (secondary N) is 1. The molecule has 0 spiro atoms. The van der Waals surface area contributed by atoms with E-state index >= 15 is 0 Å². The zero-order chi connectivity index (χ0) is 13.4. The number of ether oxygens (including phenoxy) is 1. The summed E-state index contributed by atoms with van der Waals surface area (Å²) in [5.41, 5.74) is 3.67. The van der Waals surface area contributed by atoms with Crippen LogP contribution in [-0.4, -0.2) is 11.1 Å². The number of nitrogens with zero attached hydrogens (tertiary/aromatic N) is 1. The van der Waals surface area contributed by atoms with Crippen molar-refractivity contribution in [1.29, 1.82) is 0 Å². The molecule has 1 aliphatic heterocycles. The predicted octanol–water partition coefficient (Wildman–Crippen LogP) is 3.63. The molecule has 2 aromatic rings. The van der Waals surface area contributed by atoms with Gasteiger partial charge in [-0.3, -0.25) is 0 Å². The minimum atomic E-state index is 0.110. The van der Waals surface area contributed by atoms with E-state index in [0.717, 1.165) is 11.6 Å². The Hall–Kier alpha value is -2.03. The van der Waals surface area contributed by atoms with Crippen molar-refractivity contribution in [2.45, 2.75) is 32.9 Å². The van der Waals surface area contributed by atoms with Gasteiger partial charge in [0, 0.05) is 11.8 Å². The first kappa shape index (κ1) is 12.0. The summed E-state index contributed by atoms with van der Waals surface area (Å²) in [6.07, 6.45) is 1.94. The number of anilines is 1. The summed E-state index contributed by atoms with van der Waals surface area (Å²) in [7, 11) is 0. The molecule has 1 aliphatic rings. The highest BCUT2D eigenvalue weighted by Crippen LogP contribution is 2.38. The van der Waals surface area contributed by atoms with Gasteiger partial charge in [-0.25, -0.2) is 4.98 Å². The molecule has 3 rings (SSSR count). The Kier molecular flexibility index (Phi) is 2.90. The van der Waals surface area contributed by atoms with Gasteiger partial charge < -0.3 is 10.1 Å². The van der Waals surface area contributed by atoms with Gasteiger partial charge in [0.05, 0.1) is 6.04 Å². The Balaban J connectivity index is 1.92. The van der Waals surface area contributed by atoms with Crippen molar-refractivity contribution in [2.24, 2.45) is 0 Å². The maximum absolute atomic E-state index is 5.89. The summed E-state index contributed by atoms with van der Waals surface area (Å²) in [5.74, 6) is 1.87. The Morgan fingerprint density at radius 1 is 1.11 bits per heavy atom. The van der Waals surface area contributed by atoms with Crippen LogP contribution in [-0.2, 0) is 0 Å². The van der Waals surface area contributed by atoms with Crippen LogP contribution in [0.3, 0.4) is 0 Å². The van der Waals surface area contributed by atoms with Crippen LogP contribution in [0, 0.1) is 13.8 Å². The SMILES string of the molecule is Cc1ccnc(NC2c3cc(C)ccc3OC2C)c1. The van der Waals surface area contributed by atoms with E-state index in [1.807, 2.05) is 18.3 Å². The van der Waals surface area contributed by atoms with Crippen molar-refractivity contribution in [3.05, 3.63) is 53.2 Å². The van der Waals surface area contributed by atoms with Gasteiger partial charge in [0.2, 0.25) is 0 Å². The maximum atomic E-state index is 5.89. The van der Waals surface area contributed by atoms with Crippen molar-refractivity contribution in [3.63, 3.8) is 0 Å². The Morgan fingerprint density at radius 3 is 2.68 bits per heavy atom. The van der Waals surface area contributed by atoms with E-state index in [9.17, 15) is 0 Å². The molecule has 0 aliphatic carbocycles. The molecule has 1 aromatic heterocycles.